The Morgan fingerprint density at radius 3 is 2.65 bits per heavy atom. The van der Waals surface area contributed by atoms with Gasteiger partial charge in [-0.2, -0.15) is 0 Å². The number of nitrogen functional groups attached to an aromatic ring is 1. The van der Waals surface area contributed by atoms with Crippen LogP contribution < -0.4 is 15.2 Å². The van der Waals surface area contributed by atoms with Gasteiger partial charge in [-0.25, -0.2) is 9.97 Å². The Hall–Kier alpha value is -2.28. The van der Waals surface area contributed by atoms with Crippen LogP contribution in [0.4, 0.5) is 0 Å². The molecule has 0 atom stereocenters. The van der Waals surface area contributed by atoms with E-state index in [0.29, 0.717) is 18.9 Å². The Kier molecular flexibility index (Phi) is 3.42. The number of ether oxygens (including phenoxy) is 2. The molecule has 0 bridgehead atoms. The molecule has 1 aliphatic heterocycles. The van der Waals surface area contributed by atoms with Gasteiger partial charge in [-0.1, -0.05) is 11.8 Å². The lowest BCUT2D eigenvalue weighted by atomic mass is 10.3. The molecule has 0 amide bonds. The highest BCUT2D eigenvalue weighted by atomic mass is 32.2. The van der Waals surface area contributed by atoms with Crippen LogP contribution in [0.25, 0.3) is 0 Å². The van der Waals surface area contributed by atoms with E-state index >= 15 is 0 Å². The third-order valence-electron chi connectivity index (χ3n) is 2.64. The summed E-state index contributed by atoms with van der Waals surface area (Å²) in [5.74, 6) is 1.42. The number of hydrogen-bond donors (Lipinski definition) is 2. The second kappa shape index (κ2) is 5.38. The molecule has 6 nitrogen and oxygen atoms in total. The average Bonchev–Trinajstić information content (AvgIpc) is 2.48. The van der Waals surface area contributed by atoms with Gasteiger partial charge in [0.1, 0.15) is 29.8 Å². The number of nitrogens with zero attached hydrogens (tertiary/aromatic N) is 2. The Morgan fingerprint density at radius 1 is 1.15 bits per heavy atom. The fourth-order valence-corrected chi connectivity index (χ4v) is 2.47. The lowest BCUT2D eigenvalue weighted by Crippen LogP contribution is -2.15. The summed E-state index contributed by atoms with van der Waals surface area (Å²) in [5.41, 5.74) is 5.71. The summed E-state index contributed by atoms with van der Waals surface area (Å²) in [7, 11) is 0. The number of nitrogens with one attached hydrogen (secondary N) is 1. The summed E-state index contributed by atoms with van der Waals surface area (Å²) >= 11 is 1.46. The van der Waals surface area contributed by atoms with Crippen LogP contribution in [0.3, 0.4) is 0 Å². The smallest absolute Gasteiger partial charge is 0.162 e. The van der Waals surface area contributed by atoms with E-state index in [4.69, 9.17) is 20.6 Å². The number of rotatable bonds is 3. The Morgan fingerprint density at radius 2 is 1.95 bits per heavy atom. The van der Waals surface area contributed by atoms with Gasteiger partial charge in [-0.15, -0.1) is 0 Å². The van der Waals surface area contributed by atoms with Gasteiger partial charge in [0.25, 0.3) is 0 Å². The second-order valence-electron chi connectivity index (χ2n) is 4.06. The van der Waals surface area contributed by atoms with Gasteiger partial charge in [0.15, 0.2) is 11.5 Å². The number of fused-ring (bicyclic) bond motifs is 1. The summed E-state index contributed by atoms with van der Waals surface area (Å²) < 4.78 is 11.0. The fourth-order valence-electron chi connectivity index (χ4n) is 1.72. The molecule has 7 heteroatoms. The normalized spacial score (nSPS) is 13.0. The molecule has 0 unspecified atom stereocenters. The molecule has 2 aromatic rings. The van der Waals surface area contributed by atoms with Crippen LogP contribution in [-0.4, -0.2) is 29.0 Å². The molecule has 102 valence electrons. The monoisotopic (exact) mass is 288 g/mol. The first-order valence-corrected chi connectivity index (χ1v) is 6.78. The van der Waals surface area contributed by atoms with E-state index in [9.17, 15) is 0 Å². The van der Waals surface area contributed by atoms with Crippen LogP contribution in [-0.2, 0) is 0 Å². The largest absolute Gasteiger partial charge is 0.486 e. The maximum Gasteiger partial charge on any atom is 0.162 e. The van der Waals surface area contributed by atoms with Crippen molar-refractivity contribution in [1.29, 1.82) is 5.41 Å². The van der Waals surface area contributed by atoms with Gasteiger partial charge in [-0.3, -0.25) is 5.41 Å². The van der Waals surface area contributed by atoms with Crippen molar-refractivity contribution in [3.8, 4) is 11.5 Å². The molecule has 0 saturated heterocycles. The summed E-state index contributed by atoms with van der Waals surface area (Å²) in [6.07, 6.45) is 3.08. The molecular formula is C13H12N4O2S. The molecule has 3 rings (SSSR count). The Bertz CT molecular complexity index is 645. The summed E-state index contributed by atoms with van der Waals surface area (Å²) in [6.45, 7) is 1.14. The molecule has 0 radical (unpaired) electrons. The first-order valence-electron chi connectivity index (χ1n) is 5.96. The van der Waals surface area contributed by atoms with E-state index < -0.39 is 0 Å². The van der Waals surface area contributed by atoms with E-state index in [1.807, 2.05) is 18.2 Å². The van der Waals surface area contributed by atoms with Crippen LogP contribution >= 0.6 is 11.8 Å². The number of nitrogens with two attached hydrogens (primary N) is 1. The molecular weight excluding hydrogens is 276 g/mol. The van der Waals surface area contributed by atoms with Gasteiger partial charge in [0.05, 0.1) is 12.4 Å². The van der Waals surface area contributed by atoms with Crippen LogP contribution in [0.5, 0.6) is 11.5 Å². The molecule has 3 N–H and O–H groups in total. The maximum atomic E-state index is 7.27. The van der Waals surface area contributed by atoms with Crippen LogP contribution in [0.1, 0.15) is 5.69 Å². The van der Waals surface area contributed by atoms with Crippen molar-refractivity contribution in [2.75, 3.05) is 13.2 Å². The lowest BCUT2D eigenvalue weighted by molar-refractivity contribution is 0.171. The molecule has 1 aromatic heterocycles. The molecule has 1 aliphatic rings. The van der Waals surface area contributed by atoms with Gasteiger partial charge < -0.3 is 15.2 Å². The molecule has 0 fully saturated rings. The van der Waals surface area contributed by atoms with Crippen molar-refractivity contribution < 1.29 is 9.47 Å². The van der Waals surface area contributed by atoms with Crippen molar-refractivity contribution >= 4 is 17.6 Å². The third-order valence-corrected chi connectivity index (χ3v) is 3.55. The van der Waals surface area contributed by atoms with Gasteiger partial charge in [0, 0.05) is 4.90 Å². The van der Waals surface area contributed by atoms with E-state index in [2.05, 4.69) is 9.97 Å². The summed E-state index contributed by atoms with van der Waals surface area (Å²) in [6, 6.07) is 5.74. The zero-order valence-corrected chi connectivity index (χ0v) is 11.3. The van der Waals surface area contributed by atoms with Gasteiger partial charge in [-0.05, 0) is 18.2 Å². The molecule has 1 aromatic carbocycles. The molecule has 20 heavy (non-hydrogen) atoms. The standard InChI is InChI=1S/C13H12N4O2S/c14-13(15)9-6-17-12(7-16-9)20-8-1-2-10-11(5-8)19-4-3-18-10/h1-2,5-7H,3-4H2,(H3,14,15). The fraction of sp³-hybridized carbons (Fsp3) is 0.154. The average molecular weight is 288 g/mol. The summed E-state index contributed by atoms with van der Waals surface area (Å²) in [4.78, 5) is 9.27. The minimum absolute atomic E-state index is 0.0895. The highest BCUT2D eigenvalue weighted by Gasteiger charge is 2.12. The van der Waals surface area contributed by atoms with E-state index in [0.717, 1.165) is 21.4 Å². The number of aromatic nitrogens is 2. The van der Waals surface area contributed by atoms with Crippen LogP contribution in [0.2, 0.25) is 0 Å². The third kappa shape index (κ3) is 2.67. The van der Waals surface area contributed by atoms with Crippen molar-refractivity contribution in [2.24, 2.45) is 5.73 Å². The van der Waals surface area contributed by atoms with Crippen molar-refractivity contribution in [3.63, 3.8) is 0 Å². The predicted molar refractivity (Wildman–Crippen MR) is 74.6 cm³/mol. The van der Waals surface area contributed by atoms with Crippen LogP contribution in [0.15, 0.2) is 40.5 Å². The minimum atomic E-state index is -0.0895. The van der Waals surface area contributed by atoms with E-state index in [-0.39, 0.29) is 5.84 Å². The molecule has 0 spiro atoms. The van der Waals surface area contributed by atoms with Crippen molar-refractivity contribution in [3.05, 3.63) is 36.3 Å². The quantitative estimate of drug-likeness (QED) is 0.659. The van der Waals surface area contributed by atoms with Crippen LogP contribution in [0, 0.1) is 5.41 Å². The predicted octanol–water partition coefficient (Wildman–Crippen LogP) is 1.68. The maximum absolute atomic E-state index is 7.27. The SMILES string of the molecule is N=C(N)c1cnc(Sc2ccc3c(c2)OCCO3)cn1. The van der Waals surface area contributed by atoms with Gasteiger partial charge in [0.2, 0.25) is 0 Å². The number of amidine groups is 1. The Balaban J connectivity index is 1.78. The molecule has 0 saturated carbocycles. The minimum Gasteiger partial charge on any atom is -0.486 e. The first kappa shape index (κ1) is 12.7. The summed E-state index contributed by atoms with van der Waals surface area (Å²) in [5, 5.41) is 8.00. The Labute approximate surface area is 119 Å². The molecule has 0 aliphatic carbocycles. The lowest BCUT2D eigenvalue weighted by Gasteiger charge is -2.18. The molecule has 2 heterocycles. The van der Waals surface area contributed by atoms with E-state index in [1.54, 1.807) is 6.20 Å². The number of hydrogen-bond acceptors (Lipinski definition) is 6. The topological polar surface area (TPSA) is 94.1 Å². The zero-order chi connectivity index (χ0) is 13.9. The highest BCUT2D eigenvalue weighted by Crippen LogP contribution is 2.36. The van der Waals surface area contributed by atoms with Gasteiger partial charge >= 0.3 is 0 Å². The van der Waals surface area contributed by atoms with E-state index in [1.165, 1.54) is 18.0 Å². The van der Waals surface area contributed by atoms with Crippen molar-refractivity contribution in [2.45, 2.75) is 9.92 Å². The zero-order valence-electron chi connectivity index (χ0n) is 10.5. The highest BCUT2D eigenvalue weighted by molar-refractivity contribution is 7.99. The van der Waals surface area contributed by atoms with Crippen molar-refractivity contribution in [1.82, 2.24) is 9.97 Å². The second-order valence-corrected chi connectivity index (χ2v) is 5.15. The number of benzene rings is 1. The first-order chi connectivity index (χ1) is 9.72.